The number of aliphatic hydroxyl groups is 1. The molecule has 0 spiro atoms. The summed E-state index contributed by atoms with van der Waals surface area (Å²) < 4.78 is 0. The molecule has 0 aromatic heterocycles. The van der Waals surface area contributed by atoms with E-state index in [1.807, 2.05) is 0 Å². The molecule has 1 heterocycles. The first-order valence-electron chi connectivity index (χ1n) is 5.11. The third-order valence-corrected chi connectivity index (χ3v) is 3.11. The van der Waals surface area contributed by atoms with E-state index in [0.29, 0.717) is 6.04 Å². The number of hydrogen-bond donors (Lipinski definition) is 1. The normalized spacial score (nSPS) is 22.8. The average molecular weight is 171 g/mol. The molecule has 12 heavy (non-hydrogen) atoms. The molecule has 0 bridgehead atoms. The molecule has 1 aliphatic rings. The van der Waals surface area contributed by atoms with Crippen molar-refractivity contribution < 1.29 is 5.11 Å². The number of rotatable bonds is 4. The largest absolute Gasteiger partial charge is 0.387 e. The molecule has 1 rings (SSSR count). The van der Waals surface area contributed by atoms with Crippen LogP contribution in [-0.2, 0) is 0 Å². The standard InChI is InChI=1S/C10H21NO/c1-4-9(5-2)11-7-10(12,6-3)8-11/h9,12H,4-8H2,1-3H3. The van der Waals surface area contributed by atoms with Crippen LogP contribution in [0, 0.1) is 0 Å². The Morgan fingerprint density at radius 1 is 1.25 bits per heavy atom. The fraction of sp³-hybridized carbons (Fsp3) is 1.00. The second kappa shape index (κ2) is 3.75. The molecule has 0 radical (unpaired) electrons. The second-order valence-electron chi connectivity index (χ2n) is 3.95. The van der Waals surface area contributed by atoms with Crippen LogP contribution in [0.2, 0.25) is 0 Å². The number of likely N-dealkylation sites (tertiary alicyclic amines) is 1. The van der Waals surface area contributed by atoms with Crippen LogP contribution < -0.4 is 0 Å². The van der Waals surface area contributed by atoms with Gasteiger partial charge in [0.1, 0.15) is 0 Å². The maximum absolute atomic E-state index is 9.79. The van der Waals surface area contributed by atoms with Crippen LogP contribution in [-0.4, -0.2) is 34.7 Å². The van der Waals surface area contributed by atoms with Crippen LogP contribution in [0.25, 0.3) is 0 Å². The molecule has 1 saturated heterocycles. The van der Waals surface area contributed by atoms with E-state index >= 15 is 0 Å². The highest BCUT2D eigenvalue weighted by Crippen LogP contribution is 2.27. The van der Waals surface area contributed by atoms with Crippen molar-refractivity contribution in [1.82, 2.24) is 4.90 Å². The van der Waals surface area contributed by atoms with Gasteiger partial charge in [0, 0.05) is 19.1 Å². The Morgan fingerprint density at radius 2 is 1.75 bits per heavy atom. The molecule has 2 heteroatoms. The minimum absolute atomic E-state index is 0.359. The molecule has 0 aliphatic carbocycles. The monoisotopic (exact) mass is 171 g/mol. The number of hydrogen-bond acceptors (Lipinski definition) is 2. The quantitative estimate of drug-likeness (QED) is 0.695. The summed E-state index contributed by atoms with van der Waals surface area (Å²) in [5.41, 5.74) is -0.359. The van der Waals surface area contributed by atoms with Gasteiger partial charge in [-0.1, -0.05) is 20.8 Å². The lowest BCUT2D eigenvalue weighted by molar-refractivity contribution is -0.117. The van der Waals surface area contributed by atoms with E-state index in [1.165, 1.54) is 12.8 Å². The highest BCUT2D eigenvalue weighted by Gasteiger charge is 2.41. The predicted octanol–water partition coefficient (Wildman–Crippen LogP) is 1.63. The van der Waals surface area contributed by atoms with Crippen molar-refractivity contribution in [3.63, 3.8) is 0 Å². The van der Waals surface area contributed by atoms with E-state index in [4.69, 9.17) is 0 Å². The Kier molecular flexibility index (Phi) is 3.13. The molecule has 0 atom stereocenters. The van der Waals surface area contributed by atoms with Crippen LogP contribution in [0.15, 0.2) is 0 Å². The van der Waals surface area contributed by atoms with Crippen LogP contribution >= 0.6 is 0 Å². The summed E-state index contributed by atoms with van der Waals surface area (Å²) >= 11 is 0. The van der Waals surface area contributed by atoms with Crippen molar-refractivity contribution in [3.8, 4) is 0 Å². The van der Waals surface area contributed by atoms with Gasteiger partial charge in [0.25, 0.3) is 0 Å². The fourth-order valence-corrected chi connectivity index (χ4v) is 2.00. The van der Waals surface area contributed by atoms with E-state index in [2.05, 4.69) is 25.7 Å². The van der Waals surface area contributed by atoms with Crippen molar-refractivity contribution in [1.29, 1.82) is 0 Å². The smallest absolute Gasteiger partial charge is 0.0897 e. The first-order valence-corrected chi connectivity index (χ1v) is 5.11. The Morgan fingerprint density at radius 3 is 2.08 bits per heavy atom. The lowest BCUT2D eigenvalue weighted by Crippen LogP contribution is -2.64. The van der Waals surface area contributed by atoms with E-state index in [0.717, 1.165) is 19.5 Å². The molecule has 1 N–H and O–H groups in total. The van der Waals surface area contributed by atoms with Crippen LogP contribution in [0.1, 0.15) is 40.0 Å². The zero-order valence-corrected chi connectivity index (χ0v) is 8.51. The maximum Gasteiger partial charge on any atom is 0.0897 e. The van der Waals surface area contributed by atoms with E-state index in [9.17, 15) is 5.11 Å². The molecule has 72 valence electrons. The molecule has 0 aromatic rings. The minimum Gasteiger partial charge on any atom is -0.387 e. The Bertz CT molecular complexity index is 137. The van der Waals surface area contributed by atoms with Gasteiger partial charge < -0.3 is 5.11 Å². The van der Waals surface area contributed by atoms with E-state index in [-0.39, 0.29) is 5.60 Å². The third kappa shape index (κ3) is 1.80. The molecule has 0 unspecified atom stereocenters. The molecular weight excluding hydrogens is 150 g/mol. The summed E-state index contributed by atoms with van der Waals surface area (Å²) in [5, 5.41) is 9.79. The zero-order valence-electron chi connectivity index (χ0n) is 8.51. The molecule has 0 saturated carbocycles. The second-order valence-corrected chi connectivity index (χ2v) is 3.95. The van der Waals surface area contributed by atoms with Gasteiger partial charge in [-0.3, -0.25) is 4.90 Å². The summed E-state index contributed by atoms with van der Waals surface area (Å²) in [5.74, 6) is 0. The summed E-state index contributed by atoms with van der Waals surface area (Å²) in [4.78, 5) is 2.39. The Hall–Kier alpha value is -0.0800. The zero-order chi connectivity index (χ0) is 9.19. The van der Waals surface area contributed by atoms with Gasteiger partial charge in [-0.25, -0.2) is 0 Å². The highest BCUT2D eigenvalue weighted by atomic mass is 16.3. The van der Waals surface area contributed by atoms with Crippen molar-refractivity contribution >= 4 is 0 Å². The van der Waals surface area contributed by atoms with Crippen molar-refractivity contribution in [2.75, 3.05) is 13.1 Å². The SMILES string of the molecule is CCC(CC)N1CC(O)(CC)C1. The Balaban J connectivity index is 2.32. The average Bonchev–Trinajstić information content (AvgIpc) is 2.03. The van der Waals surface area contributed by atoms with E-state index in [1.54, 1.807) is 0 Å². The van der Waals surface area contributed by atoms with Crippen molar-refractivity contribution in [3.05, 3.63) is 0 Å². The van der Waals surface area contributed by atoms with E-state index < -0.39 is 0 Å². The van der Waals surface area contributed by atoms with Gasteiger partial charge in [0.2, 0.25) is 0 Å². The number of nitrogens with zero attached hydrogens (tertiary/aromatic N) is 1. The third-order valence-electron chi connectivity index (χ3n) is 3.11. The minimum atomic E-state index is -0.359. The lowest BCUT2D eigenvalue weighted by Gasteiger charge is -2.49. The lowest BCUT2D eigenvalue weighted by atomic mass is 9.88. The van der Waals surface area contributed by atoms with Crippen molar-refractivity contribution in [2.24, 2.45) is 0 Å². The number of β-amino-alcohol motifs (C(OH)–C–C–N with tert-alkyl or cyclic N) is 1. The maximum atomic E-state index is 9.79. The first-order chi connectivity index (χ1) is 5.65. The first kappa shape index (κ1) is 10.0. The predicted molar refractivity (Wildman–Crippen MR) is 51.2 cm³/mol. The summed E-state index contributed by atoms with van der Waals surface area (Å²) in [6, 6.07) is 0.692. The summed E-state index contributed by atoms with van der Waals surface area (Å²) in [6.07, 6.45) is 3.30. The van der Waals surface area contributed by atoms with Gasteiger partial charge in [-0.15, -0.1) is 0 Å². The molecule has 0 aromatic carbocycles. The van der Waals surface area contributed by atoms with Crippen LogP contribution in [0.5, 0.6) is 0 Å². The summed E-state index contributed by atoms with van der Waals surface area (Å²) in [7, 11) is 0. The van der Waals surface area contributed by atoms with Gasteiger partial charge >= 0.3 is 0 Å². The van der Waals surface area contributed by atoms with Crippen LogP contribution in [0.4, 0.5) is 0 Å². The van der Waals surface area contributed by atoms with Gasteiger partial charge in [0.05, 0.1) is 5.60 Å². The highest BCUT2D eigenvalue weighted by molar-refractivity contribution is 4.96. The molecule has 0 amide bonds. The van der Waals surface area contributed by atoms with Gasteiger partial charge in [-0.2, -0.15) is 0 Å². The molecular formula is C10H21NO. The topological polar surface area (TPSA) is 23.5 Å². The van der Waals surface area contributed by atoms with Crippen molar-refractivity contribution in [2.45, 2.75) is 51.7 Å². The molecule has 1 aliphatic heterocycles. The Labute approximate surface area is 75.6 Å². The molecule has 2 nitrogen and oxygen atoms in total. The molecule has 1 fully saturated rings. The van der Waals surface area contributed by atoms with Gasteiger partial charge in [-0.05, 0) is 19.3 Å². The van der Waals surface area contributed by atoms with Crippen LogP contribution in [0.3, 0.4) is 0 Å². The summed E-state index contributed by atoms with van der Waals surface area (Å²) in [6.45, 7) is 8.27. The fourth-order valence-electron chi connectivity index (χ4n) is 2.00. The van der Waals surface area contributed by atoms with Gasteiger partial charge in [0.15, 0.2) is 0 Å².